The van der Waals surface area contributed by atoms with Crippen LogP contribution < -0.4 is 0 Å². The van der Waals surface area contributed by atoms with Gasteiger partial charge in [-0.3, -0.25) is 0 Å². The van der Waals surface area contributed by atoms with E-state index in [0.717, 1.165) is 19.3 Å². The Labute approximate surface area is 112 Å². The smallest absolute Gasteiger partial charge is 0.0654 e. The lowest BCUT2D eigenvalue weighted by atomic mass is 9.45. The minimum absolute atomic E-state index is 0.198. The molecule has 2 nitrogen and oxygen atoms in total. The third kappa shape index (κ3) is 2.12. The van der Waals surface area contributed by atoms with Crippen molar-refractivity contribution >= 4 is 0 Å². The second-order valence-electron chi connectivity index (χ2n) is 7.86. The molecule has 2 saturated carbocycles. The summed E-state index contributed by atoms with van der Waals surface area (Å²) in [6, 6.07) is 0. The van der Waals surface area contributed by atoms with E-state index in [1.165, 1.54) is 19.3 Å². The van der Waals surface area contributed by atoms with Crippen molar-refractivity contribution in [3.05, 3.63) is 0 Å². The van der Waals surface area contributed by atoms with Crippen LogP contribution in [0.5, 0.6) is 0 Å². The summed E-state index contributed by atoms with van der Waals surface area (Å²) in [6.07, 6.45) is 6.55. The predicted octanol–water partition coefficient (Wildman–Crippen LogP) is 3.36. The van der Waals surface area contributed by atoms with Gasteiger partial charge in [0.05, 0.1) is 5.60 Å². The van der Waals surface area contributed by atoms with Crippen molar-refractivity contribution in [2.24, 2.45) is 22.7 Å². The minimum Gasteiger partial charge on any atom is -0.396 e. The normalized spacial score (nSPS) is 47.7. The molecule has 0 saturated heterocycles. The van der Waals surface area contributed by atoms with Crippen LogP contribution in [0.2, 0.25) is 0 Å². The van der Waals surface area contributed by atoms with E-state index < -0.39 is 5.60 Å². The highest BCUT2D eigenvalue weighted by Gasteiger charge is 2.57. The Hall–Kier alpha value is -0.0800. The molecule has 2 N–H and O–H groups in total. The van der Waals surface area contributed by atoms with Gasteiger partial charge in [-0.25, -0.2) is 0 Å². The van der Waals surface area contributed by atoms with Crippen LogP contribution in [0.4, 0.5) is 0 Å². The molecule has 0 bridgehead atoms. The molecule has 2 heteroatoms. The maximum absolute atomic E-state index is 10.7. The van der Waals surface area contributed by atoms with E-state index in [-0.39, 0.29) is 17.9 Å². The number of hydrogen-bond acceptors (Lipinski definition) is 2. The van der Waals surface area contributed by atoms with E-state index >= 15 is 0 Å². The van der Waals surface area contributed by atoms with E-state index in [9.17, 15) is 10.2 Å². The number of hydrogen-bond donors (Lipinski definition) is 2. The maximum Gasteiger partial charge on any atom is 0.0654 e. The van der Waals surface area contributed by atoms with Crippen molar-refractivity contribution in [2.45, 2.75) is 71.8 Å². The van der Waals surface area contributed by atoms with Crippen LogP contribution in [0.3, 0.4) is 0 Å². The van der Waals surface area contributed by atoms with Crippen LogP contribution in [0, 0.1) is 22.7 Å². The van der Waals surface area contributed by atoms with Crippen molar-refractivity contribution < 1.29 is 10.2 Å². The zero-order chi connectivity index (χ0) is 13.6. The van der Waals surface area contributed by atoms with Gasteiger partial charge in [0.25, 0.3) is 0 Å². The van der Waals surface area contributed by atoms with Crippen molar-refractivity contribution in [1.29, 1.82) is 0 Å². The first kappa shape index (κ1) is 14.3. The maximum atomic E-state index is 10.7. The van der Waals surface area contributed by atoms with Crippen molar-refractivity contribution in [3.8, 4) is 0 Å². The molecule has 2 aliphatic carbocycles. The summed E-state index contributed by atoms with van der Waals surface area (Å²) in [5.74, 6) is 0.934. The molecule has 0 spiro atoms. The Kier molecular flexibility index (Phi) is 3.57. The summed E-state index contributed by atoms with van der Waals surface area (Å²) >= 11 is 0. The SMILES string of the molecule is CC1(C)CCC[C@]2(C)[C@H]1CC[C@@](C)(O)[C@H]2CCO. The Morgan fingerprint density at radius 3 is 2.33 bits per heavy atom. The summed E-state index contributed by atoms with van der Waals surface area (Å²) < 4.78 is 0. The topological polar surface area (TPSA) is 40.5 Å². The largest absolute Gasteiger partial charge is 0.396 e. The lowest BCUT2D eigenvalue weighted by Gasteiger charge is -2.61. The van der Waals surface area contributed by atoms with Gasteiger partial charge in [0.1, 0.15) is 0 Å². The summed E-state index contributed by atoms with van der Waals surface area (Å²) in [6.45, 7) is 9.34. The van der Waals surface area contributed by atoms with E-state index in [0.29, 0.717) is 11.3 Å². The van der Waals surface area contributed by atoms with Gasteiger partial charge in [-0.2, -0.15) is 0 Å². The molecule has 18 heavy (non-hydrogen) atoms. The Morgan fingerprint density at radius 1 is 1.06 bits per heavy atom. The fraction of sp³-hybridized carbons (Fsp3) is 1.00. The van der Waals surface area contributed by atoms with Gasteiger partial charge in [-0.15, -0.1) is 0 Å². The van der Waals surface area contributed by atoms with Gasteiger partial charge < -0.3 is 10.2 Å². The van der Waals surface area contributed by atoms with Crippen LogP contribution in [-0.4, -0.2) is 22.4 Å². The molecule has 0 aromatic heterocycles. The highest BCUT2D eigenvalue weighted by atomic mass is 16.3. The molecule has 0 radical (unpaired) electrons. The zero-order valence-electron chi connectivity index (χ0n) is 12.5. The van der Waals surface area contributed by atoms with E-state index in [1.54, 1.807) is 0 Å². The Balaban J connectivity index is 2.35. The first-order valence-electron chi connectivity index (χ1n) is 7.57. The van der Waals surface area contributed by atoms with Gasteiger partial charge in [0, 0.05) is 6.61 Å². The fourth-order valence-electron chi connectivity index (χ4n) is 5.39. The molecule has 2 aliphatic rings. The molecule has 0 unspecified atom stereocenters. The standard InChI is InChI=1S/C16H30O2/c1-14(2)8-5-9-15(3)12(14)6-10-16(4,18)13(15)7-11-17/h12-13,17-18H,5-11H2,1-4H3/t12-,13-,15+,16+/m0/s1. The average molecular weight is 254 g/mol. The van der Waals surface area contributed by atoms with E-state index in [4.69, 9.17) is 0 Å². The van der Waals surface area contributed by atoms with Crippen LogP contribution in [0.15, 0.2) is 0 Å². The lowest BCUT2D eigenvalue weighted by molar-refractivity contribution is -0.171. The van der Waals surface area contributed by atoms with Gasteiger partial charge in [0.2, 0.25) is 0 Å². The summed E-state index contributed by atoms with van der Waals surface area (Å²) in [7, 11) is 0. The first-order valence-corrected chi connectivity index (χ1v) is 7.57. The number of aliphatic hydroxyl groups excluding tert-OH is 1. The average Bonchev–Trinajstić information content (AvgIpc) is 2.22. The Morgan fingerprint density at radius 2 is 1.72 bits per heavy atom. The van der Waals surface area contributed by atoms with Crippen molar-refractivity contribution in [3.63, 3.8) is 0 Å². The summed E-state index contributed by atoms with van der Waals surface area (Å²) in [4.78, 5) is 0. The second-order valence-corrected chi connectivity index (χ2v) is 7.86. The molecular weight excluding hydrogens is 224 g/mol. The fourth-order valence-corrected chi connectivity index (χ4v) is 5.39. The number of rotatable bonds is 2. The van der Waals surface area contributed by atoms with Crippen LogP contribution in [0.1, 0.15) is 66.2 Å². The van der Waals surface area contributed by atoms with E-state index in [1.807, 2.05) is 6.92 Å². The Bertz CT molecular complexity index is 308. The highest BCUT2D eigenvalue weighted by Crippen LogP contribution is 2.62. The third-order valence-corrected chi connectivity index (χ3v) is 6.18. The molecule has 2 rings (SSSR count). The first-order chi connectivity index (χ1) is 8.24. The second kappa shape index (κ2) is 4.49. The van der Waals surface area contributed by atoms with Gasteiger partial charge in [0.15, 0.2) is 0 Å². The molecule has 2 fully saturated rings. The molecule has 0 heterocycles. The van der Waals surface area contributed by atoms with Gasteiger partial charge in [-0.1, -0.05) is 27.2 Å². The highest BCUT2D eigenvalue weighted by molar-refractivity contribution is 5.07. The van der Waals surface area contributed by atoms with Crippen molar-refractivity contribution in [2.75, 3.05) is 6.61 Å². The van der Waals surface area contributed by atoms with Crippen LogP contribution >= 0.6 is 0 Å². The zero-order valence-corrected chi connectivity index (χ0v) is 12.5. The predicted molar refractivity (Wildman–Crippen MR) is 74.3 cm³/mol. The number of fused-ring (bicyclic) bond motifs is 1. The van der Waals surface area contributed by atoms with E-state index in [2.05, 4.69) is 20.8 Å². The molecule has 106 valence electrons. The monoisotopic (exact) mass is 254 g/mol. The van der Waals surface area contributed by atoms with Gasteiger partial charge in [-0.05, 0) is 61.7 Å². The molecule has 0 aliphatic heterocycles. The van der Waals surface area contributed by atoms with Gasteiger partial charge >= 0.3 is 0 Å². The quantitative estimate of drug-likeness (QED) is 0.793. The number of aliphatic hydroxyl groups is 2. The van der Waals surface area contributed by atoms with Crippen LogP contribution in [0.25, 0.3) is 0 Å². The van der Waals surface area contributed by atoms with Crippen molar-refractivity contribution in [1.82, 2.24) is 0 Å². The summed E-state index contributed by atoms with van der Waals surface area (Å²) in [5, 5.41) is 20.1. The molecule has 4 atom stereocenters. The van der Waals surface area contributed by atoms with Crippen LogP contribution in [-0.2, 0) is 0 Å². The third-order valence-electron chi connectivity index (χ3n) is 6.18. The molecular formula is C16H30O2. The lowest BCUT2D eigenvalue weighted by Crippen LogP contribution is -2.57. The molecule has 0 aromatic rings. The molecule has 0 amide bonds. The summed E-state index contributed by atoms with van der Waals surface area (Å²) in [5.41, 5.74) is -0.00909. The minimum atomic E-state index is -0.596. The molecule has 0 aromatic carbocycles.